The molecule has 0 saturated heterocycles. The number of hydrogen-bond donors (Lipinski definition) is 1. The van der Waals surface area contributed by atoms with Crippen LogP contribution in [-0.4, -0.2) is 36.4 Å². The molecule has 0 fully saturated rings. The van der Waals surface area contributed by atoms with E-state index in [1.54, 1.807) is 0 Å². The zero-order valence-corrected chi connectivity index (χ0v) is 12.4. The lowest BCUT2D eigenvalue weighted by Crippen LogP contribution is -2.21. The molecule has 1 heterocycles. The zero-order valence-electron chi connectivity index (χ0n) is 11.6. The van der Waals surface area contributed by atoms with E-state index < -0.39 is 28.6 Å². The van der Waals surface area contributed by atoms with Crippen molar-refractivity contribution in [2.45, 2.75) is 30.4 Å². The van der Waals surface area contributed by atoms with Gasteiger partial charge < -0.3 is 5.11 Å². The van der Waals surface area contributed by atoms with Crippen molar-refractivity contribution in [1.82, 2.24) is 14.8 Å². The second-order valence-corrected chi connectivity index (χ2v) is 5.99. The number of halogens is 3. The van der Waals surface area contributed by atoms with Gasteiger partial charge in [0.15, 0.2) is 0 Å². The van der Waals surface area contributed by atoms with E-state index in [2.05, 4.69) is 10.1 Å². The number of nitrogens with zero attached hydrogens (tertiary/aromatic N) is 3. The highest BCUT2D eigenvalue weighted by Crippen LogP contribution is 2.32. The Morgan fingerprint density at radius 1 is 1.36 bits per heavy atom. The Labute approximate surface area is 127 Å². The van der Waals surface area contributed by atoms with Gasteiger partial charge in [0, 0.05) is 12.7 Å². The quantitative estimate of drug-likeness (QED) is 0.903. The maximum absolute atomic E-state index is 12.9. The molecule has 0 aliphatic heterocycles. The Balaban J connectivity index is 2.09. The molecule has 1 aromatic heterocycles. The first-order valence-electron chi connectivity index (χ1n) is 6.33. The van der Waals surface area contributed by atoms with Gasteiger partial charge in [0.2, 0.25) is 5.16 Å². The number of aliphatic hydroxyl groups excluding tert-OH is 1. The van der Waals surface area contributed by atoms with Crippen LogP contribution in [-0.2, 0) is 29.9 Å². The molecule has 0 bridgehead atoms. The molecule has 2 rings (SSSR count). The standard InChI is InChI=1S/C13H14F3N3O2S/c1-22(21)12-17-8-19(18-12)7-10(20)6-9-4-2-3-5-11(9)13(14,15)16/h2-5,8,10,20H,6-7H2,1H3/t10-,22+/m0/s1. The third-order valence-electron chi connectivity index (χ3n) is 2.95. The predicted octanol–water partition coefficient (Wildman–Crippen LogP) is 1.64. The summed E-state index contributed by atoms with van der Waals surface area (Å²) in [6, 6.07) is 5.11. The van der Waals surface area contributed by atoms with Crippen molar-refractivity contribution in [3.63, 3.8) is 0 Å². The lowest BCUT2D eigenvalue weighted by molar-refractivity contribution is -0.138. The summed E-state index contributed by atoms with van der Waals surface area (Å²) in [5.41, 5.74) is -0.745. The largest absolute Gasteiger partial charge is 0.416 e. The molecular weight excluding hydrogens is 319 g/mol. The van der Waals surface area contributed by atoms with Crippen LogP contribution < -0.4 is 0 Å². The fourth-order valence-corrected chi connectivity index (χ4v) is 2.42. The Hall–Kier alpha value is -1.74. The van der Waals surface area contributed by atoms with Crippen LogP contribution in [0.3, 0.4) is 0 Å². The van der Waals surface area contributed by atoms with Crippen molar-refractivity contribution < 1.29 is 22.5 Å². The number of hydrogen-bond acceptors (Lipinski definition) is 4. The second-order valence-electron chi connectivity index (χ2n) is 4.72. The minimum atomic E-state index is -4.46. The topological polar surface area (TPSA) is 68.0 Å². The highest BCUT2D eigenvalue weighted by molar-refractivity contribution is 7.84. The van der Waals surface area contributed by atoms with E-state index in [0.29, 0.717) is 0 Å². The number of benzene rings is 1. The van der Waals surface area contributed by atoms with Crippen LogP contribution in [0.15, 0.2) is 35.7 Å². The summed E-state index contributed by atoms with van der Waals surface area (Å²) >= 11 is 0. The molecule has 1 N–H and O–H groups in total. The third kappa shape index (κ3) is 4.14. The van der Waals surface area contributed by atoms with Crippen molar-refractivity contribution in [3.8, 4) is 0 Å². The van der Waals surface area contributed by atoms with Gasteiger partial charge in [-0.25, -0.2) is 9.67 Å². The third-order valence-corrected chi connectivity index (χ3v) is 3.65. The van der Waals surface area contributed by atoms with E-state index in [1.165, 1.54) is 35.5 Å². The van der Waals surface area contributed by atoms with E-state index in [1.807, 2.05) is 0 Å². The van der Waals surface area contributed by atoms with Gasteiger partial charge in [0.05, 0.1) is 29.0 Å². The molecule has 0 radical (unpaired) electrons. The fourth-order valence-electron chi connectivity index (χ4n) is 2.01. The molecule has 9 heteroatoms. The lowest BCUT2D eigenvalue weighted by Gasteiger charge is -2.15. The maximum Gasteiger partial charge on any atom is 0.416 e. The van der Waals surface area contributed by atoms with E-state index in [0.717, 1.165) is 6.07 Å². The first kappa shape index (κ1) is 16.6. The number of aliphatic hydroxyl groups is 1. The van der Waals surface area contributed by atoms with Crippen LogP contribution in [0, 0.1) is 0 Å². The molecule has 2 aromatic rings. The molecular formula is C13H14F3N3O2S. The summed E-state index contributed by atoms with van der Waals surface area (Å²) in [6.45, 7) is -0.0314. The number of alkyl halides is 3. The SMILES string of the molecule is C[S@@](=O)c1ncn(C[C@@H](O)Cc2ccccc2C(F)(F)F)n1. The van der Waals surface area contributed by atoms with E-state index in [9.17, 15) is 22.5 Å². The smallest absolute Gasteiger partial charge is 0.391 e. The monoisotopic (exact) mass is 333 g/mol. The molecule has 0 aliphatic carbocycles. The molecule has 1 aromatic carbocycles. The van der Waals surface area contributed by atoms with Gasteiger partial charge in [-0.3, -0.25) is 4.21 Å². The summed E-state index contributed by atoms with van der Waals surface area (Å²) < 4.78 is 51.1. The van der Waals surface area contributed by atoms with Crippen molar-refractivity contribution in [2.24, 2.45) is 0 Å². The van der Waals surface area contributed by atoms with Crippen LogP contribution in [0.1, 0.15) is 11.1 Å². The Morgan fingerprint density at radius 2 is 2.05 bits per heavy atom. The summed E-state index contributed by atoms with van der Waals surface area (Å²) in [6.07, 6.45) is -3.00. The molecule has 0 saturated carbocycles. The highest BCUT2D eigenvalue weighted by atomic mass is 32.2. The Kier molecular flexibility index (Phi) is 4.97. The van der Waals surface area contributed by atoms with Crippen molar-refractivity contribution >= 4 is 10.8 Å². The summed E-state index contributed by atoms with van der Waals surface area (Å²) in [4.78, 5) is 3.79. The van der Waals surface area contributed by atoms with Crippen LogP contribution in [0.25, 0.3) is 0 Å². The average Bonchev–Trinajstić information content (AvgIpc) is 2.86. The van der Waals surface area contributed by atoms with Gasteiger partial charge in [0.1, 0.15) is 6.33 Å². The molecule has 120 valence electrons. The summed E-state index contributed by atoms with van der Waals surface area (Å²) in [7, 11) is -1.35. The molecule has 0 aliphatic rings. The minimum Gasteiger partial charge on any atom is -0.391 e. The maximum atomic E-state index is 12.9. The number of rotatable bonds is 5. The molecule has 5 nitrogen and oxygen atoms in total. The molecule has 0 amide bonds. The first-order chi connectivity index (χ1) is 10.3. The Morgan fingerprint density at radius 3 is 2.64 bits per heavy atom. The van der Waals surface area contributed by atoms with E-state index >= 15 is 0 Å². The average molecular weight is 333 g/mol. The van der Waals surface area contributed by atoms with Gasteiger partial charge in [-0.15, -0.1) is 5.10 Å². The van der Waals surface area contributed by atoms with E-state index in [4.69, 9.17) is 0 Å². The van der Waals surface area contributed by atoms with Crippen LogP contribution in [0.5, 0.6) is 0 Å². The highest BCUT2D eigenvalue weighted by Gasteiger charge is 2.33. The molecule has 0 spiro atoms. The van der Waals surface area contributed by atoms with Gasteiger partial charge in [-0.2, -0.15) is 13.2 Å². The second kappa shape index (κ2) is 6.57. The van der Waals surface area contributed by atoms with Gasteiger partial charge in [0.25, 0.3) is 0 Å². The van der Waals surface area contributed by atoms with Gasteiger partial charge in [-0.05, 0) is 11.6 Å². The van der Waals surface area contributed by atoms with Crippen LogP contribution in [0.4, 0.5) is 13.2 Å². The summed E-state index contributed by atoms with van der Waals surface area (Å²) in [5, 5.41) is 14.0. The molecule has 22 heavy (non-hydrogen) atoms. The molecule has 2 atom stereocenters. The molecule has 0 unspecified atom stereocenters. The first-order valence-corrected chi connectivity index (χ1v) is 7.89. The van der Waals surface area contributed by atoms with Crippen molar-refractivity contribution in [3.05, 3.63) is 41.7 Å². The number of aromatic nitrogens is 3. The minimum absolute atomic E-state index is 0.0157. The predicted molar refractivity (Wildman–Crippen MR) is 73.5 cm³/mol. The van der Waals surface area contributed by atoms with Crippen LogP contribution >= 0.6 is 0 Å². The van der Waals surface area contributed by atoms with Gasteiger partial charge >= 0.3 is 6.18 Å². The lowest BCUT2D eigenvalue weighted by atomic mass is 10.0. The van der Waals surface area contributed by atoms with Crippen molar-refractivity contribution in [2.75, 3.05) is 6.26 Å². The normalized spacial score (nSPS) is 14.8. The van der Waals surface area contributed by atoms with E-state index in [-0.39, 0.29) is 23.7 Å². The van der Waals surface area contributed by atoms with Crippen LogP contribution in [0.2, 0.25) is 0 Å². The zero-order chi connectivity index (χ0) is 16.3. The van der Waals surface area contributed by atoms with Crippen molar-refractivity contribution in [1.29, 1.82) is 0 Å². The fraction of sp³-hybridized carbons (Fsp3) is 0.385. The summed E-state index contributed by atoms with van der Waals surface area (Å²) in [5.74, 6) is 0. The Bertz CT molecular complexity index is 673. The van der Waals surface area contributed by atoms with Gasteiger partial charge in [-0.1, -0.05) is 18.2 Å².